The Hall–Kier alpha value is -2.56. The Bertz CT molecular complexity index is 614. The van der Waals surface area contributed by atoms with E-state index >= 15 is 0 Å². The largest absolute Gasteiger partial charge is 0.398 e. The molecule has 1 heterocycles. The van der Waals surface area contributed by atoms with E-state index in [1.54, 1.807) is 12.3 Å². The molecule has 0 aromatic heterocycles. The number of benzene rings is 1. The van der Waals surface area contributed by atoms with Crippen LogP contribution >= 0.6 is 0 Å². The zero-order chi connectivity index (χ0) is 14.0. The second-order valence-corrected chi connectivity index (χ2v) is 4.40. The molecule has 5 N–H and O–H groups in total. The molecule has 0 spiro atoms. The minimum Gasteiger partial charge on any atom is -0.398 e. The van der Waals surface area contributed by atoms with E-state index in [-0.39, 0.29) is 11.7 Å². The SMILES string of the molecule is C=C(N)/N=C\C(C)=C(/N)c1ccc2c(c1)C(=O)NC2. The molecule has 98 valence electrons. The van der Waals surface area contributed by atoms with Crippen molar-refractivity contribution in [3.63, 3.8) is 0 Å². The molecule has 0 saturated heterocycles. The number of hydrogen-bond acceptors (Lipinski definition) is 4. The fraction of sp³-hybridized carbons (Fsp3) is 0.143. The molecule has 0 bridgehead atoms. The van der Waals surface area contributed by atoms with Gasteiger partial charge in [-0.15, -0.1) is 0 Å². The Morgan fingerprint density at radius 3 is 2.89 bits per heavy atom. The summed E-state index contributed by atoms with van der Waals surface area (Å²) in [6.07, 6.45) is 1.56. The summed E-state index contributed by atoms with van der Waals surface area (Å²) < 4.78 is 0. The number of amides is 1. The van der Waals surface area contributed by atoms with Gasteiger partial charge in [0.2, 0.25) is 0 Å². The molecule has 1 aromatic carbocycles. The van der Waals surface area contributed by atoms with Crippen LogP contribution in [0, 0.1) is 0 Å². The van der Waals surface area contributed by atoms with Crippen molar-refractivity contribution < 1.29 is 4.79 Å². The Kier molecular flexibility index (Phi) is 3.37. The van der Waals surface area contributed by atoms with Crippen molar-refractivity contribution >= 4 is 17.8 Å². The molecule has 19 heavy (non-hydrogen) atoms. The Morgan fingerprint density at radius 2 is 2.21 bits per heavy atom. The first-order valence-electron chi connectivity index (χ1n) is 5.85. The van der Waals surface area contributed by atoms with Crippen LogP contribution in [0.2, 0.25) is 0 Å². The second-order valence-electron chi connectivity index (χ2n) is 4.40. The predicted molar refractivity (Wildman–Crippen MR) is 76.2 cm³/mol. The maximum absolute atomic E-state index is 11.6. The molecule has 0 atom stereocenters. The molecule has 5 nitrogen and oxygen atoms in total. The molecule has 0 aliphatic carbocycles. The highest BCUT2D eigenvalue weighted by atomic mass is 16.1. The van der Waals surface area contributed by atoms with Crippen molar-refractivity contribution in [2.24, 2.45) is 16.5 Å². The highest BCUT2D eigenvalue weighted by molar-refractivity contribution is 5.99. The summed E-state index contributed by atoms with van der Waals surface area (Å²) in [7, 11) is 0. The van der Waals surface area contributed by atoms with Gasteiger partial charge in [0, 0.05) is 24.0 Å². The van der Waals surface area contributed by atoms with Gasteiger partial charge in [-0.2, -0.15) is 0 Å². The van der Waals surface area contributed by atoms with E-state index in [0.29, 0.717) is 17.8 Å². The molecular formula is C14H16N4O. The molecule has 2 rings (SSSR count). The standard InChI is InChI=1S/C14H16N4O/c1-8(6-17-9(2)15)13(16)10-3-4-11-7-18-14(19)12(11)5-10/h3-6H,2,7,15-16H2,1H3,(H,18,19)/b13-8-,17-6-. The van der Waals surface area contributed by atoms with Crippen LogP contribution in [0.5, 0.6) is 0 Å². The Morgan fingerprint density at radius 1 is 1.47 bits per heavy atom. The molecule has 0 saturated carbocycles. The Balaban J connectivity index is 2.37. The Labute approximate surface area is 111 Å². The number of carbonyl (C=O) groups excluding carboxylic acids is 1. The summed E-state index contributed by atoms with van der Waals surface area (Å²) in [5.74, 6) is 0.159. The van der Waals surface area contributed by atoms with Gasteiger partial charge in [0.15, 0.2) is 0 Å². The van der Waals surface area contributed by atoms with Crippen LogP contribution in [-0.2, 0) is 6.54 Å². The fourth-order valence-electron chi connectivity index (χ4n) is 1.86. The number of nitrogens with zero attached hydrogens (tertiary/aromatic N) is 1. The van der Waals surface area contributed by atoms with E-state index in [1.165, 1.54) is 0 Å². The fourth-order valence-corrected chi connectivity index (χ4v) is 1.86. The third-order valence-electron chi connectivity index (χ3n) is 2.95. The number of nitrogens with two attached hydrogens (primary N) is 2. The lowest BCUT2D eigenvalue weighted by molar-refractivity contribution is 0.0965. The lowest BCUT2D eigenvalue weighted by Crippen LogP contribution is -2.12. The zero-order valence-electron chi connectivity index (χ0n) is 10.7. The maximum atomic E-state index is 11.6. The summed E-state index contributed by atoms with van der Waals surface area (Å²) in [5, 5.41) is 2.77. The number of rotatable bonds is 3. The normalized spacial score (nSPS) is 15.1. The predicted octanol–water partition coefficient (Wildman–Crippen LogP) is 1.12. The number of fused-ring (bicyclic) bond motifs is 1. The average Bonchev–Trinajstić information content (AvgIpc) is 2.76. The van der Waals surface area contributed by atoms with Crippen molar-refractivity contribution in [2.45, 2.75) is 13.5 Å². The minimum absolute atomic E-state index is 0.0636. The van der Waals surface area contributed by atoms with Crippen LogP contribution in [0.4, 0.5) is 0 Å². The van der Waals surface area contributed by atoms with Gasteiger partial charge >= 0.3 is 0 Å². The van der Waals surface area contributed by atoms with Gasteiger partial charge in [0.1, 0.15) is 5.82 Å². The highest BCUT2D eigenvalue weighted by Gasteiger charge is 2.19. The first-order chi connectivity index (χ1) is 8.99. The maximum Gasteiger partial charge on any atom is 0.251 e. The third kappa shape index (κ3) is 2.65. The molecule has 1 amide bonds. The van der Waals surface area contributed by atoms with Gasteiger partial charge < -0.3 is 16.8 Å². The van der Waals surface area contributed by atoms with Crippen LogP contribution in [0.1, 0.15) is 28.4 Å². The third-order valence-corrected chi connectivity index (χ3v) is 2.95. The number of aliphatic imine (C=N–C) groups is 1. The minimum atomic E-state index is -0.0636. The second kappa shape index (κ2) is 4.97. The van der Waals surface area contributed by atoms with Gasteiger partial charge in [-0.3, -0.25) is 4.79 Å². The quantitative estimate of drug-likeness (QED) is 0.707. The zero-order valence-corrected chi connectivity index (χ0v) is 10.7. The number of carbonyl (C=O) groups is 1. The topological polar surface area (TPSA) is 93.5 Å². The molecule has 5 heteroatoms. The summed E-state index contributed by atoms with van der Waals surface area (Å²) in [6, 6.07) is 5.59. The van der Waals surface area contributed by atoms with Crippen molar-refractivity contribution in [3.8, 4) is 0 Å². The number of hydrogen-bond donors (Lipinski definition) is 3. The van der Waals surface area contributed by atoms with Crippen LogP contribution in [-0.4, -0.2) is 12.1 Å². The van der Waals surface area contributed by atoms with Crippen molar-refractivity contribution in [3.05, 3.63) is 52.9 Å². The average molecular weight is 256 g/mol. The summed E-state index contributed by atoms with van der Waals surface area (Å²) in [4.78, 5) is 15.5. The summed E-state index contributed by atoms with van der Waals surface area (Å²) in [6.45, 7) is 5.88. The van der Waals surface area contributed by atoms with Crippen LogP contribution in [0.15, 0.2) is 41.2 Å². The van der Waals surface area contributed by atoms with E-state index in [4.69, 9.17) is 11.5 Å². The van der Waals surface area contributed by atoms with Crippen molar-refractivity contribution in [1.82, 2.24) is 5.32 Å². The smallest absolute Gasteiger partial charge is 0.251 e. The van der Waals surface area contributed by atoms with Gasteiger partial charge in [-0.05, 0) is 29.7 Å². The molecular weight excluding hydrogens is 240 g/mol. The number of allylic oxidation sites excluding steroid dienone is 1. The first kappa shape index (κ1) is 12.9. The van der Waals surface area contributed by atoms with E-state index in [0.717, 1.165) is 16.7 Å². The van der Waals surface area contributed by atoms with E-state index in [2.05, 4.69) is 16.9 Å². The van der Waals surface area contributed by atoms with Gasteiger partial charge in [-0.1, -0.05) is 18.7 Å². The van der Waals surface area contributed by atoms with E-state index in [1.807, 2.05) is 19.1 Å². The van der Waals surface area contributed by atoms with Gasteiger partial charge in [0.05, 0.1) is 0 Å². The molecule has 1 aliphatic heterocycles. The van der Waals surface area contributed by atoms with E-state index in [9.17, 15) is 4.79 Å². The molecule has 0 radical (unpaired) electrons. The number of nitrogens with one attached hydrogen (secondary N) is 1. The molecule has 0 fully saturated rings. The monoisotopic (exact) mass is 256 g/mol. The summed E-state index contributed by atoms with van der Waals surface area (Å²) in [5.41, 5.74) is 15.2. The molecule has 0 unspecified atom stereocenters. The molecule has 1 aliphatic rings. The van der Waals surface area contributed by atoms with Gasteiger partial charge in [0.25, 0.3) is 5.91 Å². The van der Waals surface area contributed by atoms with Crippen LogP contribution in [0.25, 0.3) is 5.70 Å². The molecule has 1 aromatic rings. The first-order valence-corrected chi connectivity index (χ1v) is 5.85. The van der Waals surface area contributed by atoms with Crippen LogP contribution in [0.3, 0.4) is 0 Å². The lowest BCUT2D eigenvalue weighted by atomic mass is 10.0. The highest BCUT2D eigenvalue weighted by Crippen LogP contribution is 2.21. The van der Waals surface area contributed by atoms with Gasteiger partial charge in [-0.25, -0.2) is 4.99 Å². The van der Waals surface area contributed by atoms with E-state index < -0.39 is 0 Å². The van der Waals surface area contributed by atoms with Crippen molar-refractivity contribution in [1.29, 1.82) is 0 Å². The lowest BCUT2D eigenvalue weighted by Gasteiger charge is -2.06. The summed E-state index contributed by atoms with van der Waals surface area (Å²) >= 11 is 0. The van der Waals surface area contributed by atoms with Crippen LogP contribution < -0.4 is 16.8 Å². The van der Waals surface area contributed by atoms with Crippen molar-refractivity contribution in [2.75, 3.05) is 0 Å².